The van der Waals surface area contributed by atoms with E-state index < -0.39 is 0 Å². The standard InChI is InChI=1S/C16H20Cl2N2O2.ClH/c17-13-2-1-12(9-14(13)18)22-10-15(21)20-7-4-16(5-8-20)3-6-19-11-16;/h1-2,9,19H,3-8,10-11H2;1H. The van der Waals surface area contributed by atoms with E-state index in [1.54, 1.807) is 18.2 Å². The molecule has 2 aliphatic rings. The molecule has 0 unspecified atom stereocenters. The molecule has 4 nitrogen and oxygen atoms in total. The number of piperidine rings is 1. The van der Waals surface area contributed by atoms with Gasteiger partial charge in [0, 0.05) is 25.7 Å². The van der Waals surface area contributed by atoms with Crippen molar-refractivity contribution in [2.24, 2.45) is 5.41 Å². The lowest BCUT2D eigenvalue weighted by Crippen LogP contribution is -2.45. The van der Waals surface area contributed by atoms with Crippen LogP contribution in [0.15, 0.2) is 18.2 Å². The average Bonchev–Trinajstić information content (AvgIpc) is 2.97. The Labute approximate surface area is 152 Å². The monoisotopic (exact) mass is 378 g/mol. The van der Waals surface area contributed by atoms with Crippen LogP contribution in [0.4, 0.5) is 0 Å². The quantitative estimate of drug-likeness (QED) is 0.875. The van der Waals surface area contributed by atoms with Crippen LogP contribution in [0.1, 0.15) is 19.3 Å². The van der Waals surface area contributed by atoms with E-state index in [1.807, 2.05) is 4.90 Å². The van der Waals surface area contributed by atoms with E-state index in [-0.39, 0.29) is 24.9 Å². The molecule has 0 saturated carbocycles. The molecule has 3 rings (SSSR count). The lowest BCUT2D eigenvalue weighted by atomic mass is 9.78. The predicted molar refractivity (Wildman–Crippen MR) is 94.9 cm³/mol. The Balaban J connectivity index is 0.00000192. The maximum Gasteiger partial charge on any atom is 0.260 e. The summed E-state index contributed by atoms with van der Waals surface area (Å²) in [5.41, 5.74) is 0.418. The van der Waals surface area contributed by atoms with Crippen molar-refractivity contribution >= 4 is 41.5 Å². The Kier molecular flexibility index (Phi) is 6.43. The molecule has 2 heterocycles. The fraction of sp³-hybridized carbons (Fsp3) is 0.562. The maximum absolute atomic E-state index is 12.3. The van der Waals surface area contributed by atoms with E-state index in [4.69, 9.17) is 27.9 Å². The fourth-order valence-corrected chi connectivity index (χ4v) is 3.54. The summed E-state index contributed by atoms with van der Waals surface area (Å²) in [6.45, 7) is 3.89. The van der Waals surface area contributed by atoms with E-state index in [0.717, 1.165) is 39.0 Å². The number of nitrogens with zero attached hydrogens (tertiary/aromatic N) is 1. The lowest BCUT2D eigenvalue weighted by molar-refractivity contribution is -0.135. The van der Waals surface area contributed by atoms with Gasteiger partial charge in [-0.15, -0.1) is 12.4 Å². The Morgan fingerprint density at radius 2 is 1.96 bits per heavy atom. The Hall–Kier alpha value is -0.680. The summed E-state index contributed by atoms with van der Waals surface area (Å²) in [6.07, 6.45) is 3.39. The number of nitrogens with one attached hydrogen (secondary N) is 1. The van der Waals surface area contributed by atoms with E-state index >= 15 is 0 Å². The van der Waals surface area contributed by atoms with E-state index in [0.29, 0.717) is 21.2 Å². The third kappa shape index (κ3) is 4.44. The summed E-state index contributed by atoms with van der Waals surface area (Å²) in [5.74, 6) is 0.600. The van der Waals surface area contributed by atoms with Crippen LogP contribution in [0.5, 0.6) is 5.75 Å². The average molecular weight is 380 g/mol. The van der Waals surface area contributed by atoms with Gasteiger partial charge in [-0.1, -0.05) is 23.2 Å². The van der Waals surface area contributed by atoms with Gasteiger partial charge in [-0.25, -0.2) is 0 Å². The number of carbonyl (C=O) groups excluding carboxylic acids is 1. The SMILES string of the molecule is Cl.O=C(COc1ccc(Cl)c(Cl)c1)N1CCC2(CCNC2)CC1. The molecule has 0 radical (unpaired) electrons. The second-order valence-corrected chi connectivity index (χ2v) is 6.99. The Morgan fingerprint density at radius 1 is 1.22 bits per heavy atom. The van der Waals surface area contributed by atoms with Crippen LogP contribution in [0, 0.1) is 5.41 Å². The largest absolute Gasteiger partial charge is 0.484 e. The maximum atomic E-state index is 12.3. The van der Waals surface area contributed by atoms with Gasteiger partial charge in [0.2, 0.25) is 0 Å². The number of halogens is 3. The number of rotatable bonds is 3. The minimum Gasteiger partial charge on any atom is -0.484 e. The highest BCUT2D eigenvalue weighted by atomic mass is 35.5. The third-order valence-corrected chi connectivity index (χ3v) is 5.50. The zero-order chi connectivity index (χ0) is 15.6. The molecular formula is C16H21Cl3N2O2. The van der Waals surface area contributed by atoms with Crippen molar-refractivity contribution in [1.82, 2.24) is 10.2 Å². The van der Waals surface area contributed by atoms with Crippen LogP contribution in [-0.4, -0.2) is 43.6 Å². The molecule has 1 spiro atoms. The van der Waals surface area contributed by atoms with Gasteiger partial charge >= 0.3 is 0 Å². The molecule has 2 saturated heterocycles. The van der Waals surface area contributed by atoms with Crippen molar-refractivity contribution in [1.29, 1.82) is 0 Å². The van der Waals surface area contributed by atoms with Crippen molar-refractivity contribution in [2.45, 2.75) is 19.3 Å². The number of ether oxygens (including phenoxy) is 1. The van der Waals surface area contributed by atoms with Crippen LogP contribution in [-0.2, 0) is 4.79 Å². The van der Waals surface area contributed by atoms with E-state index in [9.17, 15) is 4.79 Å². The van der Waals surface area contributed by atoms with Crippen LogP contribution >= 0.6 is 35.6 Å². The van der Waals surface area contributed by atoms with Gasteiger partial charge in [-0.3, -0.25) is 4.79 Å². The van der Waals surface area contributed by atoms with Crippen molar-refractivity contribution in [2.75, 3.05) is 32.8 Å². The van der Waals surface area contributed by atoms with E-state index in [2.05, 4.69) is 5.32 Å². The summed E-state index contributed by atoms with van der Waals surface area (Å²) < 4.78 is 5.53. The topological polar surface area (TPSA) is 41.6 Å². The normalized spacial score (nSPS) is 19.5. The van der Waals surface area contributed by atoms with E-state index in [1.165, 1.54) is 6.42 Å². The van der Waals surface area contributed by atoms with Crippen molar-refractivity contribution in [3.05, 3.63) is 28.2 Å². The number of hydrogen-bond acceptors (Lipinski definition) is 3. The molecule has 1 aromatic rings. The first kappa shape index (κ1) is 18.7. The molecule has 0 aliphatic carbocycles. The second kappa shape index (κ2) is 7.93. The fourth-order valence-electron chi connectivity index (χ4n) is 3.26. The minimum atomic E-state index is 0. The molecule has 23 heavy (non-hydrogen) atoms. The van der Waals surface area contributed by atoms with Gasteiger partial charge in [-0.2, -0.15) is 0 Å². The molecule has 1 aromatic carbocycles. The summed E-state index contributed by atoms with van der Waals surface area (Å²) in [5, 5.41) is 4.34. The number of amides is 1. The zero-order valence-corrected chi connectivity index (χ0v) is 15.1. The summed E-state index contributed by atoms with van der Waals surface area (Å²) >= 11 is 11.8. The molecule has 7 heteroatoms. The van der Waals surface area contributed by atoms with Crippen LogP contribution in [0.2, 0.25) is 10.0 Å². The molecule has 1 N–H and O–H groups in total. The van der Waals surface area contributed by atoms with Crippen molar-refractivity contribution < 1.29 is 9.53 Å². The summed E-state index contributed by atoms with van der Waals surface area (Å²) in [7, 11) is 0. The summed E-state index contributed by atoms with van der Waals surface area (Å²) in [6, 6.07) is 5.02. The smallest absolute Gasteiger partial charge is 0.260 e. The number of likely N-dealkylation sites (tertiary alicyclic amines) is 1. The number of carbonyl (C=O) groups is 1. The molecule has 2 aliphatic heterocycles. The first-order valence-corrected chi connectivity index (χ1v) is 8.40. The van der Waals surface area contributed by atoms with Crippen molar-refractivity contribution in [3.63, 3.8) is 0 Å². The highest BCUT2D eigenvalue weighted by molar-refractivity contribution is 6.42. The van der Waals surface area contributed by atoms with Gasteiger partial charge in [0.05, 0.1) is 10.0 Å². The first-order chi connectivity index (χ1) is 10.6. The minimum absolute atomic E-state index is 0. The molecule has 128 valence electrons. The zero-order valence-electron chi connectivity index (χ0n) is 12.8. The van der Waals surface area contributed by atoms with Gasteiger partial charge in [-0.05, 0) is 43.4 Å². The van der Waals surface area contributed by atoms with Gasteiger partial charge in [0.15, 0.2) is 6.61 Å². The van der Waals surface area contributed by atoms with Crippen molar-refractivity contribution in [3.8, 4) is 5.75 Å². The molecule has 2 fully saturated rings. The summed E-state index contributed by atoms with van der Waals surface area (Å²) in [4.78, 5) is 14.2. The highest BCUT2D eigenvalue weighted by Crippen LogP contribution is 2.36. The van der Waals surface area contributed by atoms with Gasteiger partial charge in [0.25, 0.3) is 5.91 Å². The van der Waals surface area contributed by atoms with Crippen LogP contribution in [0.3, 0.4) is 0 Å². The molecule has 1 amide bonds. The van der Waals surface area contributed by atoms with Crippen LogP contribution in [0.25, 0.3) is 0 Å². The van der Waals surface area contributed by atoms with Crippen LogP contribution < -0.4 is 10.1 Å². The Bertz CT molecular complexity index is 552. The lowest BCUT2D eigenvalue weighted by Gasteiger charge is -2.38. The first-order valence-electron chi connectivity index (χ1n) is 7.64. The number of benzene rings is 1. The van der Waals surface area contributed by atoms with Gasteiger partial charge in [0.1, 0.15) is 5.75 Å². The van der Waals surface area contributed by atoms with Gasteiger partial charge < -0.3 is 15.0 Å². The molecule has 0 atom stereocenters. The second-order valence-electron chi connectivity index (χ2n) is 6.17. The highest BCUT2D eigenvalue weighted by Gasteiger charge is 2.37. The predicted octanol–water partition coefficient (Wildman–Crippen LogP) is 3.40. The number of hydrogen-bond donors (Lipinski definition) is 1. The third-order valence-electron chi connectivity index (χ3n) is 4.76. The molecule has 0 aromatic heterocycles. The molecular weight excluding hydrogens is 359 g/mol. The Morgan fingerprint density at radius 3 is 2.57 bits per heavy atom. The molecule has 0 bridgehead atoms.